The fourth-order valence-electron chi connectivity index (χ4n) is 4.08. The van der Waals surface area contributed by atoms with Crippen LogP contribution in [0, 0.1) is 6.61 Å². The average molecular weight is 453 g/mol. The number of rotatable bonds is 6. The quantitative estimate of drug-likeness (QED) is 0.241. The van der Waals surface area contributed by atoms with Gasteiger partial charge in [0.25, 0.3) is 0 Å². The minimum atomic E-state index is -1.61. The van der Waals surface area contributed by atoms with E-state index < -0.39 is 86.3 Å². The molecule has 12 heteroatoms. The van der Waals surface area contributed by atoms with Crippen LogP contribution in [-0.2, 0) is 28.4 Å². The monoisotopic (exact) mass is 453 g/mol. The smallest absolute Gasteiger partial charge is 0.187 e. The molecular formula is C19H33O12. The predicted octanol–water partition coefficient (Wildman–Crippen LogP) is -2.99. The zero-order valence-electron chi connectivity index (χ0n) is 17.6. The molecule has 0 aliphatic carbocycles. The highest BCUT2D eigenvalue weighted by atomic mass is 16.7. The maximum atomic E-state index is 10.8. The molecule has 13 atom stereocenters. The SMILES string of the molecule is CO[C@H]1[C@@H](O)[C@H](O[C@H]2[C@H](O)C[CH]O[C@@H]2C)O[C@H](C)[C@H]1O[C@@H]1O[C@H](CO)[C@@H](O)[C@H](O)[C@H]1O. The third kappa shape index (κ3) is 5.21. The van der Waals surface area contributed by atoms with Gasteiger partial charge in [0.1, 0.15) is 48.8 Å². The van der Waals surface area contributed by atoms with Gasteiger partial charge in [0.15, 0.2) is 12.6 Å². The van der Waals surface area contributed by atoms with E-state index in [4.69, 9.17) is 28.4 Å². The van der Waals surface area contributed by atoms with Crippen LogP contribution in [0.1, 0.15) is 20.3 Å². The predicted molar refractivity (Wildman–Crippen MR) is 100 cm³/mol. The molecule has 0 aromatic rings. The third-order valence-corrected chi connectivity index (χ3v) is 5.94. The van der Waals surface area contributed by atoms with Gasteiger partial charge in [-0.2, -0.15) is 0 Å². The van der Waals surface area contributed by atoms with E-state index in [2.05, 4.69) is 0 Å². The topological polar surface area (TPSA) is 177 Å². The molecule has 0 saturated carbocycles. The second-order valence-electron chi connectivity index (χ2n) is 8.11. The molecule has 0 aromatic heterocycles. The van der Waals surface area contributed by atoms with E-state index in [1.807, 2.05) is 0 Å². The summed E-state index contributed by atoms with van der Waals surface area (Å²) in [4.78, 5) is 0. The molecule has 31 heavy (non-hydrogen) atoms. The third-order valence-electron chi connectivity index (χ3n) is 5.94. The van der Waals surface area contributed by atoms with Gasteiger partial charge in [0, 0.05) is 13.5 Å². The fraction of sp³-hybridized carbons (Fsp3) is 0.947. The summed E-state index contributed by atoms with van der Waals surface area (Å²) in [5, 5.41) is 60.5. The summed E-state index contributed by atoms with van der Waals surface area (Å²) in [5.74, 6) is 0. The maximum absolute atomic E-state index is 10.8. The van der Waals surface area contributed by atoms with Crippen molar-refractivity contribution in [2.24, 2.45) is 0 Å². The minimum Gasteiger partial charge on any atom is -0.394 e. The molecule has 3 heterocycles. The van der Waals surface area contributed by atoms with Crippen LogP contribution in [0.15, 0.2) is 0 Å². The van der Waals surface area contributed by atoms with Crippen molar-refractivity contribution in [2.45, 2.75) is 100.0 Å². The van der Waals surface area contributed by atoms with Crippen LogP contribution in [-0.4, -0.2) is 124 Å². The Balaban J connectivity index is 1.69. The highest BCUT2D eigenvalue weighted by Gasteiger charge is 2.51. The molecule has 3 rings (SSSR count). The first-order valence-corrected chi connectivity index (χ1v) is 10.3. The lowest BCUT2D eigenvalue weighted by atomic mass is 9.97. The number of hydrogen-bond donors (Lipinski definition) is 6. The van der Waals surface area contributed by atoms with Crippen LogP contribution in [0.4, 0.5) is 0 Å². The Hall–Kier alpha value is -0.480. The molecule has 3 saturated heterocycles. The van der Waals surface area contributed by atoms with E-state index >= 15 is 0 Å². The van der Waals surface area contributed by atoms with Crippen molar-refractivity contribution in [1.29, 1.82) is 0 Å². The highest BCUT2D eigenvalue weighted by molar-refractivity contribution is 4.94. The Morgan fingerprint density at radius 3 is 2.06 bits per heavy atom. The van der Waals surface area contributed by atoms with Crippen LogP contribution in [0.2, 0.25) is 0 Å². The van der Waals surface area contributed by atoms with E-state index in [1.54, 1.807) is 13.8 Å². The number of ether oxygens (including phenoxy) is 6. The van der Waals surface area contributed by atoms with Crippen molar-refractivity contribution in [1.82, 2.24) is 0 Å². The number of aliphatic hydroxyl groups is 6. The second kappa shape index (κ2) is 10.6. The molecule has 1 radical (unpaired) electrons. The Kier molecular flexibility index (Phi) is 8.63. The van der Waals surface area contributed by atoms with E-state index in [1.165, 1.54) is 13.7 Å². The van der Waals surface area contributed by atoms with Crippen LogP contribution in [0.5, 0.6) is 0 Å². The summed E-state index contributed by atoms with van der Waals surface area (Å²) in [6.07, 6.45) is -14.2. The molecule has 3 aliphatic rings. The second-order valence-corrected chi connectivity index (χ2v) is 8.11. The number of hydrogen-bond acceptors (Lipinski definition) is 12. The average Bonchev–Trinajstić information content (AvgIpc) is 2.74. The van der Waals surface area contributed by atoms with Gasteiger partial charge < -0.3 is 59.1 Å². The lowest BCUT2D eigenvalue weighted by Crippen LogP contribution is -2.64. The first-order chi connectivity index (χ1) is 14.7. The van der Waals surface area contributed by atoms with Crippen molar-refractivity contribution in [2.75, 3.05) is 13.7 Å². The van der Waals surface area contributed by atoms with E-state index in [0.29, 0.717) is 0 Å². The highest BCUT2D eigenvalue weighted by Crippen LogP contribution is 2.32. The summed E-state index contributed by atoms with van der Waals surface area (Å²) >= 11 is 0. The zero-order valence-corrected chi connectivity index (χ0v) is 17.6. The van der Waals surface area contributed by atoms with E-state index in [9.17, 15) is 30.6 Å². The van der Waals surface area contributed by atoms with Crippen LogP contribution >= 0.6 is 0 Å². The molecule has 3 aliphatic heterocycles. The molecule has 0 amide bonds. The maximum Gasteiger partial charge on any atom is 0.187 e. The molecule has 12 nitrogen and oxygen atoms in total. The molecule has 0 spiro atoms. The van der Waals surface area contributed by atoms with Crippen molar-refractivity contribution >= 4 is 0 Å². The van der Waals surface area contributed by atoms with Crippen molar-refractivity contribution in [3.8, 4) is 0 Å². The summed E-state index contributed by atoms with van der Waals surface area (Å²) in [7, 11) is 1.35. The molecular weight excluding hydrogens is 420 g/mol. The Morgan fingerprint density at radius 1 is 0.806 bits per heavy atom. The van der Waals surface area contributed by atoms with Crippen molar-refractivity contribution in [3.05, 3.63) is 6.61 Å². The van der Waals surface area contributed by atoms with E-state index in [-0.39, 0.29) is 6.42 Å². The van der Waals surface area contributed by atoms with Gasteiger partial charge in [-0.15, -0.1) is 0 Å². The van der Waals surface area contributed by atoms with Gasteiger partial charge in [-0.05, 0) is 13.8 Å². The zero-order chi connectivity index (χ0) is 22.9. The fourth-order valence-corrected chi connectivity index (χ4v) is 4.08. The van der Waals surface area contributed by atoms with Crippen molar-refractivity contribution < 1.29 is 59.1 Å². The molecule has 6 N–H and O–H groups in total. The lowest BCUT2D eigenvalue weighted by Gasteiger charge is -2.47. The van der Waals surface area contributed by atoms with Gasteiger partial charge in [-0.3, -0.25) is 0 Å². The first-order valence-electron chi connectivity index (χ1n) is 10.3. The largest absolute Gasteiger partial charge is 0.394 e. The Morgan fingerprint density at radius 2 is 1.45 bits per heavy atom. The summed E-state index contributed by atoms with van der Waals surface area (Å²) in [6.45, 7) is 4.25. The lowest BCUT2D eigenvalue weighted by molar-refractivity contribution is -0.365. The summed E-state index contributed by atoms with van der Waals surface area (Å²) in [5.41, 5.74) is 0. The molecule has 3 fully saturated rings. The number of methoxy groups -OCH3 is 1. The Bertz CT molecular complexity index is 554. The Labute approximate surface area is 180 Å². The summed E-state index contributed by atoms with van der Waals surface area (Å²) in [6, 6.07) is 0. The van der Waals surface area contributed by atoms with Crippen molar-refractivity contribution in [3.63, 3.8) is 0 Å². The summed E-state index contributed by atoms with van der Waals surface area (Å²) < 4.78 is 33.5. The van der Waals surface area contributed by atoms with Gasteiger partial charge in [-0.25, -0.2) is 0 Å². The van der Waals surface area contributed by atoms with Gasteiger partial charge in [0.2, 0.25) is 0 Å². The van der Waals surface area contributed by atoms with Gasteiger partial charge >= 0.3 is 0 Å². The molecule has 0 bridgehead atoms. The van der Waals surface area contributed by atoms with Gasteiger partial charge in [0.05, 0.1) is 31.5 Å². The number of aliphatic hydroxyl groups excluding tert-OH is 6. The van der Waals surface area contributed by atoms with Crippen LogP contribution in [0.25, 0.3) is 0 Å². The molecule has 181 valence electrons. The molecule has 0 unspecified atom stereocenters. The van der Waals surface area contributed by atoms with Crippen LogP contribution in [0.3, 0.4) is 0 Å². The normalized spacial score (nSPS) is 51.6. The first kappa shape index (κ1) is 25.1. The van der Waals surface area contributed by atoms with Crippen LogP contribution < -0.4 is 0 Å². The molecule has 0 aromatic carbocycles. The van der Waals surface area contributed by atoms with Gasteiger partial charge in [-0.1, -0.05) is 0 Å². The standard InChI is InChI=1S/C19H33O12/c1-7-15(9(21)4-5-27-7)30-19-14(25)17(26-3)16(8(2)28-19)31-18-13(24)12(23)11(22)10(6-20)29-18/h5,7-25H,4,6H2,1-3H3/t7-,8-,9-,10-,11-,12+,13-,14-,15-,16-,17+,18+,19+/m1/s1. The van der Waals surface area contributed by atoms with E-state index in [0.717, 1.165) is 0 Å². The minimum absolute atomic E-state index is 0.268.